The van der Waals surface area contributed by atoms with Gasteiger partial charge in [0, 0.05) is 0 Å². The number of aromatic nitrogens is 1. The van der Waals surface area contributed by atoms with Crippen LogP contribution in [0, 0.1) is 13.8 Å². The van der Waals surface area contributed by atoms with Crippen LogP contribution in [0.3, 0.4) is 0 Å². The minimum Gasteiger partial charge on any atom is -0.492 e. The van der Waals surface area contributed by atoms with Crippen LogP contribution in [0.1, 0.15) is 46.7 Å². The first-order valence-electron chi connectivity index (χ1n) is 8.78. The number of aryl methyl sites for hydroxylation is 2. The summed E-state index contributed by atoms with van der Waals surface area (Å²) in [4.78, 5) is 28.3. The van der Waals surface area contributed by atoms with Gasteiger partial charge in [0.05, 0.1) is 17.2 Å². The Kier molecular flexibility index (Phi) is 6.96. The van der Waals surface area contributed by atoms with Crippen molar-refractivity contribution in [3.63, 3.8) is 0 Å². The second-order valence-electron chi connectivity index (χ2n) is 7.20. The Morgan fingerprint density at radius 1 is 1.15 bits per heavy atom. The fourth-order valence-electron chi connectivity index (χ4n) is 2.38. The van der Waals surface area contributed by atoms with E-state index in [9.17, 15) is 9.59 Å². The molecule has 0 unspecified atom stereocenters. The summed E-state index contributed by atoms with van der Waals surface area (Å²) in [6.45, 7) is 10.4. The fraction of sp³-hybridized carbons (Fsp3) is 0.450. The van der Waals surface area contributed by atoms with Crippen LogP contribution in [0.25, 0.3) is 0 Å². The number of hydrogen-bond donors (Lipinski definition) is 1. The van der Waals surface area contributed by atoms with Gasteiger partial charge < -0.3 is 14.8 Å². The number of carbonyl (C=O) groups excluding carboxylic acids is 2. The van der Waals surface area contributed by atoms with Gasteiger partial charge in [-0.05, 0) is 37.0 Å². The quantitative estimate of drug-likeness (QED) is 0.579. The van der Waals surface area contributed by atoms with Crippen LogP contribution in [0.2, 0.25) is 0 Å². The first kappa shape index (κ1) is 20.9. The van der Waals surface area contributed by atoms with E-state index in [-0.39, 0.29) is 17.9 Å². The maximum atomic E-state index is 11.9. The van der Waals surface area contributed by atoms with E-state index >= 15 is 0 Å². The molecule has 2 aromatic rings. The van der Waals surface area contributed by atoms with Crippen molar-refractivity contribution in [2.45, 2.75) is 40.0 Å². The minimum atomic E-state index is -0.525. The lowest BCUT2D eigenvalue weighted by Crippen LogP contribution is -2.32. The van der Waals surface area contributed by atoms with Crippen LogP contribution < -0.4 is 10.1 Å². The third kappa shape index (κ3) is 6.36. The highest BCUT2D eigenvalue weighted by Crippen LogP contribution is 2.24. The summed E-state index contributed by atoms with van der Waals surface area (Å²) in [6, 6.07) is 7.92. The predicted molar refractivity (Wildman–Crippen MR) is 106 cm³/mol. The largest absolute Gasteiger partial charge is 0.492 e. The molecular formula is C20H26N2O4S. The highest BCUT2D eigenvalue weighted by molar-refractivity contribution is 7.13. The Labute approximate surface area is 163 Å². The van der Waals surface area contributed by atoms with Gasteiger partial charge in [0.15, 0.2) is 6.61 Å². The molecule has 0 bridgehead atoms. The second kappa shape index (κ2) is 8.99. The molecule has 146 valence electrons. The SMILES string of the molecule is Cc1nc(C)c(C(=O)OCC(=O)NCCOc2ccc(C(C)(C)C)cc2)s1. The van der Waals surface area contributed by atoms with E-state index in [2.05, 4.69) is 31.1 Å². The summed E-state index contributed by atoms with van der Waals surface area (Å²) in [7, 11) is 0. The molecule has 1 amide bonds. The van der Waals surface area contributed by atoms with Crippen LogP contribution in [-0.2, 0) is 14.9 Å². The van der Waals surface area contributed by atoms with Crippen molar-refractivity contribution in [2.75, 3.05) is 19.8 Å². The van der Waals surface area contributed by atoms with Crippen molar-refractivity contribution in [1.29, 1.82) is 0 Å². The summed E-state index contributed by atoms with van der Waals surface area (Å²) < 4.78 is 10.6. The molecule has 0 saturated carbocycles. The molecular weight excluding hydrogens is 364 g/mol. The highest BCUT2D eigenvalue weighted by atomic mass is 32.1. The lowest BCUT2D eigenvalue weighted by Gasteiger charge is -2.19. The lowest BCUT2D eigenvalue weighted by atomic mass is 9.87. The third-order valence-corrected chi connectivity index (χ3v) is 4.89. The Bertz CT molecular complexity index is 791. The number of ether oxygens (including phenoxy) is 2. The molecule has 0 aliphatic rings. The topological polar surface area (TPSA) is 77.5 Å². The molecule has 0 aliphatic carbocycles. The van der Waals surface area contributed by atoms with Gasteiger partial charge in [-0.2, -0.15) is 0 Å². The zero-order chi connectivity index (χ0) is 20.0. The van der Waals surface area contributed by atoms with E-state index in [1.807, 2.05) is 31.2 Å². The summed E-state index contributed by atoms with van der Waals surface area (Å²) in [6.07, 6.45) is 0. The molecule has 0 aliphatic heterocycles. The van der Waals surface area contributed by atoms with Crippen LogP contribution in [0.15, 0.2) is 24.3 Å². The Morgan fingerprint density at radius 2 is 1.81 bits per heavy atom. The van der Waals surface area contributed by atoms with Gasteiger partial charge in [0.1, 0.15) is 17.2 Å². The number of amides is 1. The maximum absolute atomic E-state index is 11.9. The number of nitrogens with zero attached hydrogens (tertiary/aromatic N) is 1. The maximum Gasteiger partial charge on any atom is 0.350 e. The predicted octanol–water partition coefficient (Wildman–Crippen LogP) is 3.41. The third-order valence-electron chi connectivity index (χ3n) is 3.84. The molecule has 6 nitrogen and oxygen atoms in total. The van der Waals surface area contributed by atoms with Gasteiger partial charge in [-0.25, -0.2) is 9.78 Å². The highest BCUT2D eigenvalue weighted by Gasteiger charge is 2.16. The van der Waals surface area contributed by atoms with E-state index in [0.717, 1.165) is 10.8 Å². The van der Waals surface area contributed by atoms with Gasteiger partial charge in [-0.1, -0.05) is 32.9 Å². The zero-order valence-electron chi connectivity index (χ0n) is 16.4. The molecule has 27 heavy (non-hydrogen) atoms. The monoisotopic (exact) mass is 390 g/mol. The van der Waals surface area contributed by atoms with Crippen LogP contribution in [0.4, 0.5) is 0 Å². The summed E-state index contributed by atoms with van der Waals surface area (Å²) in [5, 5.41) is 3.45. The van der Waals surface area contributed by atoms with E-state index < -0.39 is 5.97 Å². The molecule has 1 heterocycles. The van der Waals surface area contributed by atoms with Crippen molar-refractivity contribution in [2.24, 2.45) is 0 Å². The summed E-state index contributed by atoms with van der Waals surface area (Å²) in [5.74, 6) is -0.142. The van der Waals surface area contributed by atoms with Crippen molar-refractivity contribution in [3.8, 4) is 5.75 Å². The second-order valence-corrected chi connectivity index (χ2v) is 8.40. The van der Waals surface area contributed by atoms with E-state index in [1.165, 1.54) is 16.9 Å². The van der Waals surface area contributed by atoms with Crippen molar-refractivity contribution in [1.82, 2.24) is 10.3 Å². The van der Waals surface area contributed by atoms with Crippen LogP contribution in [0.5, 0.6) is 5.75 Å². The van der Waals surface area contributed by atoms with Gasteiger partial charge >= 0.3 is 5.97 Å². The first-order valence-corrected chi connectivity index (χ1v) is 9.59. The van der Waals surface area contributed by atoms with Crippen LogP contribution >= 0.6 is 11.3 Å². The Morgan fingerprint density at radius 3 is 2.37 bits per heavy atom. The molecule has 1 aromatic heterocycles. The molecule has 0 saturated heterocycles. The molecule has 0 radical (unpaired) electrons. The molecule has 2 rings (SSSR count). The molecule has 1 aromatic carbocycles. The zero-order valence-corrected chi connectivity index (χ0v) is 17.2. The number of benzene rings is 1. The Balaban J connectivity index is 1.67. The van der Waals surface area contributed by atoms with E-state index in [0.29, 0.717) is 23.7 Å². The van der Waals surface area contributed by atoms with Crippen molar-refractivity contribution >= 4 is 23.2 Å². The fourth-order valence-corrected chi connectivity index (χ4v) is 3.19. The number of rotatable bonds is 7. The normalized spacial score (nSPS) is 11.1. The molecule has 0 atom stereocenters. The molecule has 1 N–H and O–H groups in total. The number of carbonyl (C=O) groups is 2. The molecule has 0 fully saturated rings. The van der Waals surface area contributed by atoms with Crippen molar-refractivity contribution in [3.05, 3.63) is 45.4 Å². The molecule has 7 heteroatoms. The van der Waals surface area contributed by atoms with Gasteiger partial charge in [0.25, 0.3) is 5.91 Å². The van der Waals surface area contributed by atoms with E-state index in [1.54, 1.807) is 6.92 Å². The van der Waals surface area contributed by atoms with Gasteiger partial charge in [-0.15, -0.1) is 11.3 Å². The lowest BCUT2D eigenvalue weighted by molar-refractivity contribution is -0.124. The standard InChI is InChI=1S/C20H26N2O4S/c1-13-18(27-14(2)22-13)19(24)26-12-17(23)21-10-11-25-16-8-6-15(7-9-16)20(3,4)5/h6-9H,10-12H2,1-5H3,(H,21,23). The Hall–Kier alpha value is -2.41. The molecule has 0 spiro atoms. The number of hydrogen-bond acceptors (Lipinski definition) is 6. The van der Waals surface area contributed by atoms with Crippen LogP contribution in [-0.4, -0.2) is 36.6 Å². The number of esters is 1. The average Bonchev–Trinajstić information content (AvgIpc) is 2.94. The smallest absolute Gasteiger partial charge is 0.350 e. The van der Waals surface area contributed by atoms with Crippen molar-refractivity contribution < 1.29 is 19.1 Å². The summed E-state index contributed by atoms with van der Waals surface area (Å²) >= 11 is 1.26. The van der Waals surface area contributed by atoms with Gasteiger partial charge in [-0.3, -0.25) is 4.79 Å². The van der Waals surface area contributed by atoms with Gasteiger partial charge in [0.2, 0.25) is 0 Å². The van der Waals surface area contributed by atoms with E-state index in [4.69, 9.17) is 9.47 Å². The first-order chi connectivity index (χ1) is 12.7. The number of thiazole rings is 1. The minimum absolute atomic E-state index is 0.0976. The average molecular weight is 391 g/mol. The summed E-state index contributed by atoms with van der Waals surface area (Å²) in [5.41, 5.74) is 1.95. The number of nitrogens with one attached hydrogen (secondary N) is 1.